The van der Waals surface area contributed by atoms with E-state index in [1.165, 1.54) is 24.8 Å². The SMILES string of the molecule is CC(C)(C)c1ccc(C(=O)N2CCSC23CCN(C(=O)C2CCCCC2)CC3)cc1. The van der Waals surface area contributed by atoms with Crippen LogP contribution in [0.1, 0.15) is 81.6 Å². The molecule has 3 aliphatic rings. The summed E-state index contributed by atoms with van der Waals surface area (Å²) in [4.78, 5) is 30.4. The van der Waals surface area contributed by atoms with Crippen LogP contribution in [-0.2, 0) is 10.2 Å². The van der Waals surface area contributed by atoms with Crippen molar-refractivity contribution in [3.63, 3.8) is 0 Å². The lowest BCUT2D eigenvalue weighted by atomic mass is 9.86. The van der Waals surface area contributed by atoms with Crippen molar-refractivity contribution in [3.8, 4) is 0 Å². The van der Waals surface area contributed by atoms with Gasteiger partial charge < -0.3 is 9.80 Å². The van der Waals surface area contributed by atoms with E-state index in [-0.39, 0.29) is 22.1 Å². The van der Waals surface area contributed by atoms with Crippen molar-refractivity contribution >= 4 is 23.6 Å². The molecule has 2 amide bonds. The van der Waals surface area contributed by atoms with Gasteiger partial charge in [0, 0.05) is 36.9 Å². The number of thioether (sulfide) groups is 1. The summed E-state index contributed by atoms with van der Waals surface area (Å²) in [5, 5.41) is 0. The number of nitrogens with zero attached hydrogens (tertiary/aromatic N) is 2. The maximum atomic E-state index is 13.4. The molecule has 30 heavy (non-hydrogen) atoms. The zero-order valence-electron chi connectivity index (χ0n) is 18.8. The molecule has 0 bridgehead atoms. The molecule has 1 aromatic carbocycles. The Labute approximate surface area is 185 Å². The number of piperidine rings is 1. The number of rotatable bonds is 2. The Morgan fingerprint density at radius 3 is 2.20 bits per heavy atom. The first-order valence-electron chi connectivity index (χ1n) is 11.7. The Morgan fingerprint density at radius 2 is 1.60 bits per heavy atom. The molecule has 0 aromatic heterocycles. The van der Waals surface area contributed by atoms with E-state index in [0.717, 1.165) is 56.6 Å². The molecule has 1 spiro atoms. The fourth-order valence-corrected chi connectivity index (χ4v) is 6.72. The number of carbonyl (C=O) groups excluding carboxylic acids is 2. The van der Waals surface area contributed by atoms with Crippen LogP contribution in [0.4, 0.5) is 0 Å². The van der Waals surface area contributed by atoms with Crippen LogP contribution in [0, 0.1) is 5.92 Å². The van der Waals surface area contributed by atoms with Gasteiger partial charge in [0.2, 0.25) is 5.91 Å². The average molecular weight is 429 g/mol. The molecule has 2 heterocycles. The lowest BCUT2D eigenvalue weighted by Gasteiger charge is -2.45. The number of carbonyl (C=O) groups is 2. The minimum atomic E-state index is -0.136. The Hall–Kier alpha value is -1.49. The van der Waals surface area contributed by atoms with Crippen LogP contribution in [-0.4, -0.2) is 51.9 Å². The first-order valence-corrected chi connectivity index (χ1v) is 12.6. The molecule has 0 atom stereocenters. The van der Waals surface area contributed by atoms with Crippen LogP contribution >= 0.6 is 11.8 Å². The third-order valence-corrected chi connectivity index (χ3v) is 8.78. The molecule has 1 aliphatic carbocycles. The van der Waals surface area contributed by atoms with Crippen LogP contribution in [0.25, 0.3) is 0 Å². The third kappa shape index (κ3) is 4.28. The largest absolute Gasteiger partial charge is 0.342 e. The summed E-state index contributed by atoms with van der Waals surface area (Å²) in [6.45, 7) is 8.96. The first kappa shape index (κ1) is 21.7. The summed E-state index contributed by atoms with van der Waals surface area (Å²) in [7, 11) is 0. The van der Waals surface area contributed by atoms with Crippen molar-refractivity contribution in [1.29, 1.82) is 0 Å². The molecular weight excluding hydrogens is 392 g/mol. The minimum absolute atomic E-state index is 0.0873. The van der Waals surface area contributed by atoms with Gasteiger partial charge in [0.15, 0.2) is 0 Å². The van der Waals surface area contributed by atoms with Crippen molar-refractivity contribution < 1.29 is 9.59 Å². The second kappa shape index (κ2) is 8.57. The Morgan fingerprint density at radius 1 is 0.967 bits per heavy atom. The van der Waals surface area contributed by atoms with Gasteiger partial charge in [0.05, 0.1) is 4.87 Å². The maximum Gasteiger partial charge on any atom is 0.254 e. The molecule has 1 saturated carbocycles. The molecule has 3 fully saturated rings. The summed E-state index contributed by atoms with van der Waals surface area (Å²) >= 11 is 1.92. The predicted molar refractivity (Wildman–Crippen MR) is 124 cm³/mol. The Kier molecular flexibility index (Phi) is 6.20. The van der Waals surface area contributed by atoms with E-state index in [1.807, 2.05) is 23.9 Å². The van der Waals surface area contributed by atoms with Crippen molar-refractivity contribution in [3.05, 3.63) is 35.4 Å². The highest BCUT2D eigenvalue weighted by atomic mass is 32.2. The van der Waals surface area contributed by atoms with Crippen LogP contribution in [0.5, 0.6) is 0 Å². The summed E-state index contributed by atoms with van der Waals surface area (Å²) in [5.41, 5.74) is 2.12. The zero-order valence-corrected chi connectivity index (χ0v) is 19.6. The van der Waals surface area contributed by atoms with E-state index in [9.17, 15) is 9.59 Å². The van der Waals surface area contributed by atoms with E-state index >= 15 is 0 Å². The predicted octanol–water partition coefficient (Wildman–Crippen LogP) is 5.07. The molecule has 0 N–H and O–H groups in total. The summed E-state index contributed by atoms with van der Waals surface area (Å²) in [5.74, 6) is 1.74. The van der Waals surface area contributed by atoms with E-state index < -0.39 is 0 Å². The quantitative estimate of drug-likeness (QED) is 0.660. The number of benzene rings is 1. The highest BCUT2D eigenvalue weighted by Crippen LogP contribution is 2.45. The molecule has 0 radical (unpaired) electrons. The van der Waals surface area contributed by atoms with Gasteiger partial charge in [-0.3, -0.25) is 9.59 Å². The van der Waals surface area contributed by atoms with E-state index in [0.29, 0.717) is 5.91 Å². The van der Waals surface area contributed by atoms with E-state index in [4.69, 9.17) is 0 Å². The molecule has 1 aromatic rings. The highest BCUT2D eigenvalue weighted by Gasteiger charge is 2.47. The van der Waals surface area contributed by atoms with E-state index in [1.54, 1.807) is 0 Å². The van der Waals surface area contributed by atoms with E-state index in [2.05, 4.69) is 42.7 Å². The molecule has 4 nitrogen and oxygen atoms in total. The Balaban J connectivity index is 1.42. The van der Waals surface area contributed by atoms with Gasteiger partial charge in [0.1, 0.15) is 0 Å². The molecule has 2 aliphatic heterocycles. The first-order chi connectivity index (χ1) is 14.3. The van der Waals surface area contributed by atoms with Gasteiger partial charge >= 0.3 is 0 Å². The van der Waals surface area contributed by atoms with Gasteiger partial charge in [-0.15, -0.1) is 11.8 Å². The lowest BCUT2D eigenvalue weighted by molar-refractivity contribution is -0.138. The minimum Gasteiger partial charge on any atom is -0.342 e. The van der Waals surface area contributed by atoms with Gasteiger partial charge in [-0.25, -0.2) is 0 Å². The fraction of sp³-hybridized carbons (Fsp3) is 0.680. The lowest BCUT2D eigenvalue weighted by Crippen LogP contribution is -2.54. The molecule has 164 valence electrons. The maximum absolute atomic E-state index is 13.4. The third-order valence-electron chi connectivity index (χ3n) is 7.23. The normalized spacial score (nSPS) is 22.5. The van der Waals surface area contributed by atoms with Gasteiger partial charge in [-0.2, -0.15) is 0 Å². The number of amides is 2. The van der Waals surface area contributed by atoms with Gasteiger partial charge in [-0.1, -0.05) is 52.2 Å². The highest BCUT2D eigenvalue weighted by molar-refractivity contribution is 8.00. The van der Waals surface area contributed by atoms with Crippen LogP contribution in [0.3, 0.4) is 0 Å². The van der Waals surface area contributed by atoms with Crippen LogP contribution in [0.2, 0.25) is 0 Å². The van der Waals surface area contributed by atoms with Crippen molar-refractivity contribution in [2.24, 2.45) is 5.92 Å². The van der Waals surface area contributed by atoms with Crippen molar-refractivity contribution in [1.82, 2.24) is 9.80 Å². The number of hydrogen-bond acceptors (Lipinski definition) is 3. The molecule has 4 rings (SSSR count). The summed E-state index contributed by atoms with van der Waals surface area (Å²) in [6.07, 6.45) is 7.57. The van der Waals surface area contributed by atoms with Crippen molar-refractivity contribution in [2.75, 3.05) is 25.4 Å². The molecule has 2 saturated heterocycles. The number of likely N-dealkylation sites (tertiary alicyclic amines) is 1. The second-order valence-electron chi connectivity index (χ2n) is 10.2. The summed E-state index contributed by atoms with van der Waals surface area (Å²) < 4.78 is 0. The molecular formula is C25H36N2O2S. The number of hydrogen-bond donors (Lipinski definition) is 0. The fourth-order valence-electron chi connectivity index (χ4n) is 5.26. The van der Waals surface area contributed by atoms with Gasteiger partial charge in [-0.05, 0) is 48.8 Å². The Bertz CT molecular complexity index is 769. The van der Waals surface area contributed by atoms with Crippen LogP contribution in [0.15, 0.2) is 24.3 Å². The monoisotopic (exact) mass is 428 g/mol. The second-order valence-corrected chi connectivity index (χ2v) is 11.7. The zero-order chi connectivity index (χ0) is 21.4. The smallest absolute Gasteiger partial charge is 0.254 e. The van der Waals surface area contributed by atoms with Crippen molar-refractivity contribution in [2.45, 2.75) is 76.0 Å². The average Bonchev–Trinajstić information content (AvgIpc) is 3.16. The molecule has 5 heteroatoms. The standard InChI is InChI=1S/C25H36N2O2S/c1-24(2,3)21-11-9-20(10-12-21)23(29)27-17-18-30-25(27)13-15-26(16-14-25)22(28)19-7-5-4-6-8-19/h9-12,19H,4-8,13-18H2,1-3H3. The van der Waals surface area contributed by atoms with Crippen LogP contribution < -0.4 is 0 Å². The topological polar surface area (TPSA) is 40.6 Å². The molecule has 0 unspecified atom stereocenters. The van der Waals surface area contributed by atoms with Gasteiger partial charge in [0.25, 0.3) is 5.91 Å². The summed E-state index contributed by atoms with van der Waals surface area (Å²) in [6, 6.07) is 8.16.